The third-order valence-corrected chi connectivity index (χ3v) is 3.14. The van der Waals surface area contributed by atoms with Gasteiger partial charge in [-0.05, 0) is 43.0 Å². The molecule has 17 heavy (non-hydrogen) atoms. The fourth-order valence-corrected chi connectivity index (χ4v) is 2.35. The smallest absolute Gasteiger partial charge is 0.307 e. The molecule has 1 fully saturated rings. The first-order chi connectivity index (χ1) is 8.16. The number of hydrogen-bond acceptors (Lipinski definition) is 3. The molecule has 1 heterocycles. The van der Waals surface area contributed by atoms with Gasteiger partial charge in [0.05, 0.1) is 6.42 Å². The number of rotatable bonds is 3. The summed E-state index contributed by atoms with van der Waals surface area (Å²) in [6.45, 7) is 2.02. The van der Waals surface area contributed by atoms with Crippen LogP contribution in [0.25, 0.3) is 0 Å². The molecular formula is C13H18N2O2. The molecule has 1 aromatic carbocycles. The SMILES string of the molecule is Nc1ccc(N2CCCCC2)c(CC(=O)O)c1. The van der Waals surface area contributed by atoms with Crippen LogP contribution < -0.4 is 10.6 Å². The Morgan fingerprint density at radius 2 is 2.00 bits per heavy atom. The van der Waals surface area contributed by atoms with Crippen LogP contribution in [0.4, 0.5) is 11.4 Å². The Labute approximate surface area is 101 Å². The Morgan fingerprint density at radius 3 is 2.65 bits per heavy atom. The standard InChI is InChI=1S/C13H18N2O2/c14-11-4-5-12(10(8-11)9-13(16)17)15-6-2-1-3-7-15/h4-5,8H,1-3,6-7,9,14H2,(H,16,17). The molecule has 0 radical (unpaired) electrons. The zero-order valence-electron chi connectivity index (χ0n) is 9.85. The van der Waals surface area contributed by atoms with Gasteiger partial charge in [-0.25, -0.2) is 0 Å². The van der Waals surface area contributed by atoms with E-state index in [1.807, 2.05) is 12.1 Å². The molecule has 1 saturated heterocycles. The van der Waals surface area contributed by atoms with E-state index in [1.165, 1.54) is 19.3 Å². The predicted molar refractivity (Wildman–Crippen MR) is 68.3 cm³/mol. The molecule has 0 saturated carbocycles. The molecule has 4 heteroatoms. The topological polar surface area (TPSA) is 66.6 Å². The fraction of sp³-hybridized carbons (Fsp3) is 0.462. The average Bonchev–Trinajstić information content (AvgIpc) is 2.29. The lowest BCUT2D eigenvalue weighted by molar-refractivity contribution is -0.136. The van der Waals surface area contributed by atoms with Crippen molar-refractivity contribution in [2.24, 2.45) is 0 Å². The van der Waals surface area contributed by atoms with E-state index in [4.69, 9.17) is 10.8 Å². The zero-order valence-corrected chi connectivity index (χ0v) is 9.85. The maximum atomic E-state index is 10.9. The van der Waals surface area contributed by atoms with E-state index in [-0.39, 0.29) is 6.42 Å². The molecule has 0 atom stereocenters. The molecule has 0 unspecified atom stereocenters. The Kier molecular flexibility index (Phi) is 3.52. The van der Waals surface area contributed by atoms with Crippen molar-refractivity contribution in [1.29, 1.82) is 0 Å². The molecule has 4 nitrogen and oxygen atoms in total. The summed E-state index contributed by atoms with van der Waals surface area (Å²) in [6.07, 6.45) is 3.66. The highest BCUT2D eigenvalue weighted by atomic mass is 16.4. The van der Waals surface area contributed by atoms with Crippen molar-refractivity contribution in [3.8, 4) is 0 Å². The minimum absolute atomic E-state index is 0.0386. The molecule has 92 valence electrons. The summed E-state index contributed by atoms with van der Waals surface area (Å²) in [6, 6.07) is 5.56. The molecule has 2 rings (SSSR count). The number of benzene rings is 1. The van der Waals surface area contributed by atoms with Crippen molar-refractivity contribution in [2.75, 3.05) is 23.7 Å². The van der Waals surface area contributed by atoms with E-state index < -0.39 is 5.97 Å². The highest BCUT2D eigenvalue weighted by Crippen LogP contribution is 2.26. The third kappa shape index (κ3) is 2.90. The molecule has 1 aromatic rings. The van der Waals surface area contributed by atoms with Crippen LogP contribution in [0.2, 0.25) is 0 Å². The molecule has 0 bridgehead atoms. The number of nitrogens with two attached hydrogens (primary N) is 1. The Hall–Kier alpha value is -1.71. The summed E-state index contributed by atoms with van der Waals surface area (Å²) in [5.41, 5.74) is 8.20. The number of carboxylic acid groups (broad SMARTS) is 1. The van der Waals surface area contributed by atoms with Gasteiger partial charge in [0.2, 0.25) is 0 Å². The first-order valence-corrected chi connectivity index (χ1v) is 6.02. The number of piperidine rings is 1. The number of carboxylic acids is 1. The Morgan fingerprint density at radius 1 is 1.29 bits per heavy atom. The van der Waals surface area contributed by atoms with Crippen LogP contribution in [-0.4, -0.2) is 24.2 Å². The number of carbonyl (C=O) groups is 1. The second kappa shape index (κ2) is 5.08. The van der Waals surface area contributed by atoms with Crippen LogP contribution in [0.3, 0.4) is 0 Å². The first kappa shape index (κ1) is 11.8. The summed E-state index contributed by atoms with van der Waals surface area (Å²) in [4.78, 5) is 13.1. The normalized spacial score (nSPS) is 15.9. The van der Waals surface area contributed by atoms with Crippen LogP contribution in [0, 0.1) is 0 Å². The molecule has 1 aliphatic heterocycles. The van der Waals surface area contributed by atoms with Gasteiger partial charge < -0.3 is 15.7 Å². The van der Waals surface area contributed by atoms with Crippen molar-refractivity contribution in [3.05, 3.63) is 23.8 Å². The Balaban J connectivity index is 2.27. The van der Waals surface area contributed by atoms with Crippen LogP contribution >= 0.6 is 0 Å². The average molecular weight is 234 g/mol. The van der Waals surface area contributed by atoms with Crippen LogP contribution in [0.1, 0.15) is 24.8 Å². The summed E-state index contributed by atoms with van der Waals surface area (Å²) in [5.74, 6) is -0.811. The van der Waals surface area contributed by atoms with Gasteiger partial charge in [0.25, 0.3) is 0 Å². The maximum Gasteiger partial charge on any atom is 0.307 e. The summed E-state index contributed by atoms with van der Waals surface area (Å²) in [7, 11) is 0. The summed E-state index contributed by atoms with van der Waals surface area (Å²) >= 11 is 0. The van der Waals surface area contributed by atoms with Gasteiger partial charge in [0.1, 0.15) is 0 Å². The number of nitrogen functional groups attached to an aromatic ring is 1. The lowest BCUT2D eigenvalue weighted by Gasteiger charge is -2.30. The molecule has 1 aliphatic rings. The maximum absolute atomic E-state index is 10.9. The van der Waals surface area contributed by atoms with Crippen molar-refractivity contribution in [2.45, 2.75) is 25.7 Å². The number of aliphatic carboxylic acids is 1. The van der Waals surface area contributed by atoms with E-state index in [9.17, 15) is 4.79 Å². The molecular weight excluding hydrogens is 216 g/mol. The van der Waals surface area contributed by atoms with Gasteiger partial charge in [-0.15, -0.1) is 0 Å². The largest absolute Gasteiger partial charge is 0.481 e. The van der Waals surface area contributed by atoms with E-state index >= 15 is 0 Å². The van der Waals surface area contributed by atoms with Crippen molar-refractivity contribution in [3.63, 3.8) is 0 Å². The van der Waals surface area contributed by atoms with Crippen LogP contribution in [-0.2, 0) is 11.2 Å². The minimum Gasteiger partial charge on any atom is -0.481 e. The molecule has 0 aromatic heterocycles. The van der Waals surface area contributed by atoms with E-state index in [0.29, 0.717) is 5.69 Å². The van der Waals surface area contributed by atoms with Crippen molar-refractivity contribution >= 4 is 17.3 Å². The minimum atomic E-state index is -0.811. The fourth-order valence-electron chi connectivity index (χ4n) is 2.35. The second-order valence-corrected chi connectivity index (χ2v) is 4.51. The summed E-state index contributed by atoms with van der Waals surface area (Å²) in [5, 5.41) is 8.92. The van der Waals surface area contributed by atoms with Gasteiger partial charge in [-0.2, -0.15) is 0 Å². The second-order valence-electron chi connectivity index (χ2n) is 4.51. The lowest BCUT2D eigenvalue weighted by atomic mass is 10.0. The van der Waals surface area contributed by atoms with Gasteiger partial charge in [-0.3, -0.25) is 4.79 Å². The lowest BCUT2D eigenvalue weighted by Crippen LogP contribution is -2.30. The first-order valence-electron chi connectivity index (χ1n) is 6.02. The highest BCUT2D eigenvalue weighted by Gasteiger charge is 2.15. The van der Waals surface area contributed by atoms with E-state index in [0.717, 1.165) is 24.3 Å². The van der Waals surface area contributed by atoms with Gasteiger partial charge in [0.15, 0.2) is 0 Å². The monoisotopic (exact) mass is 234 g/mol. The zero-order chi connectivity index (χ0) is 12.3. The molecule has 0 amide bonds. The van der Waals surface area contributed by atoms with Crippen LogP contribution in [0.5, 0.6) is 0 Å². The summed E-state index contributed by atoms with van der Waals surface area (Å²) < 4.78 is 0. The van der Waals surface area contributed by atoms with E-state index in [2.05, 4.69) is 4.90 Å². The number of anilines is 2. The third-order valence-electron chi connectivity index (χ3n) is 3.14. The quantitative estimate of drug-likeness (QED) is 0.784. The Bertz CT molecular complexity index is 412. The van der Waals surface area contributed by atoms with Crippen LogP contribution in [0.15, 0.2) is 18.2 Å². The highest BCUT2D eigenvalue weighted by molar-refractivity contribution is 5.75. The molecule has 0 aliphatic carbocycles. The van der Waals surface area contributed by atoms with Crippen molar-refractivity contribution in [1.82, 2.24) is 0 Å². The van der Waals surface area contributed by atoms with Gasteiger partial charge >= 0.3 is 5.97 Å². The van der Waals surface area contributed by atoms with Gasteiger partial charge in [-0.1, -0.05) is 0 Å². The van der Waals surface area contributed by atoms with E-state index in [1.54, 1.807) is 6.07 Å². The number of hydrogen-bond donors (Lipinski definition) is 2. The molecule has 0 spiro atoms. The van der Waals surface area contributed by atoms with Crippen molar-refractivity contribution < 1.29 is 9.90 Å². The number of nitrogens with zero attached hydrogens (tertiary/aromatic N) is 1. The predicted octanol–water partition coefficient (Wildman–Crippen LogP) is 1.89. The molecule has 3 N–H and O–H groups in total. The van der Waals surface area contributed by atoms with Gasteiger partial charge in [0, 0.05) is 24.5 Å².